The van der Waals surface area contributed by atoms with Crippen LogP contribution < -0.4 is 0 Å². The average Bonchev–Trinajstić information content (AvgIpc) is 3.30. The molecule has 0 radical (unpaired) electrons. The van der Waals surface area contributed by atoms with Gasteiger partial charge in [0.25, 0.3) is 5.24 Å². The van der Waals surface area contributed by atoms with E-state index >= 15 is 0 Å². The maximum Gasteiger partial charge on any atom is 0.287 e. The molecule has 2 aromatic carbocycles. The number of carbonyl (C=O) groups excluding carboxylic acids is 2. The van der Waals surface area contributed by atoms with Crippen LogP contribution in [0.1, 0.15) is 0 Å². The minimum atomic E-state index is -0.279. The van der Waals surface area contributed by atoms with Crippen molar-refractivity contribution in [2.24, 2.45) is 0 Å². The Morgan fingerprint density at radius 2 is 1.38 bits per heavy atom. The summed E-state index contributed by atoms with van der Waals surface area (Å²) >= 11 is 2.37. The van der Waals surface area contributed by atoms with Gasteiger partial charge in [-0.25, -0.2) is 0 Å². The number of rotatable bonds is 3. The number of carbonyl (C=O) groups is 2. The van der Waals surface area contributed by atoms with Gasteiger partial charge in [0, 0.05) is 9.79 Å². The molecule has 1 atom stereocenters. The highest BCUT2D eigenvalue weighted by Crippen LogP contribution is 2.33. The Morgan fingerprint density at radius 3 is 1.95 bits per heavy atom. The zero-order valence-electron chi connectivity index (χ0n) is 11.1. The van der Waals surface area contributed by atoms with Crippen molar-refractivity contribution in [3.05, 3.63) is 60.7 Å². The van der Waals surface area contributed by atoms with Gasteiger partial charge in [-0.3, -0.25) is 9.59 Å². The fourth-order valence-electron chi connectivity index (χ4n) is 1.86. The fourth-order valence-corrected chi connectivity index (χ4v) is 3.54. The second kappa shape index (κ2) is 6.37. The van der Waals surface area contributed by atoms with Gasteiger partial charge in [-0.2, -0.15) is 0 Å². The molecule has 0 bridgehead atoms. The van der Waals surface area contributed by atoms with E-state index in [1.165, 1.54) is 23.5 Å². The second-order valence-electron chi connectivity index (χ2n) is 4.58. The third-order valence-electron chi connectivity index (χ3n) is 3.03. The van der Waals surface area contributed by atoms with E-state index in [-0.39, 0.29) is 16.4 Å². The Kier molecular flexibility index (Phi) is 4.31. The smallest absolute Gasteiger partial charge is 0.287 e. The van der Waals surface area contributed by atoms with Gasteiger partial charge in [-0.05, 0) is 47.8 Å². The molecule has 3 nitrogen and oxygen atoms in total. The molecule has 0 saturated carbocycles. The molecular weight excluding hydrogens is 302 g/mol. The van der Waals surface area contributed by atoms with Crippen LogP contribution in [0.15, 0.2) is 70.5 Å². The summed E-state index contributed by atoms with van der Waals surface area (Å²) in [4.78, 5) is 27.6. The summed E-state index contributed by atoms with van der Waals surface area (Å²) in [6.07, 6.45) is 0. The van der Waals surface area contributed by atoms with Gasteiger partial charge in [-0.15, -0.1) is 0 Å². The van der Waals surface area contributed by atoms with E-state index in [0.717, 1.165) is 9.79 Å². The van der Waals surface area contributed by atoms with Gasteiger partial charge in [-0.1, -0.05) is 36.4 Å². The van der Waals surface area contributed by atoms with E-state index in [1.54, 1.807) is 4.90 Å². The minimum absolute atomic E-state index is 0.0308. The van der Waals surface area contributed by atoms with Crippen LogP contribution in [0.5, 0.6) is 0 Å². The molecule has 1 fully saturated rings. The lowest BCUT2D eigenvalue weighted by Gasteiger charge is -2.03. The van der Waals surface area contributed by atoms with Crippen molar-refractivity contribution in [3.8, 4) is 0 Å². The highest BCUT2D eigenvalue weighted by Gasteiger charge is 2.44. The largest absolute Gasteiger partial charge is 0.318 e. The molecule has 2 aromatic rings. The van der Waals surface area contributed by atoms with E-state index in [4.69, 9.17) is 0 Å². The van der Waals surface area contributed by atoms with Gasteiger partial charge in [0.15, 0.2) is 0 Å². The molecule has 5 heteroatoms. The predicted molar refractivity (Wildman–Crippen MR) is 85.5 cm³/mol. The monoisotopic (exact) mass is 315 g/mol. The molecule has 0 aromatic heterocycles. The number of thioether (sulfide) groups is 2. The first kappa shape index (κ1) is 14.2. The Morgan fingerprint density at radius 1 is 0.857 bits per heavy atom. The summed E-state index contributed by atoms with van der Waals surface area (Å²) in [6, 6.07) is 18.7. The van der Waals surface area contributed by atoms with E-state index < -0.39 is 0 Å². The molecule has 1 heterocycles. The van der Waals surface area contributed by atoms with Crippen LogP contribution in [0.4, 0.5) is 4.79 Å². The lowest BCUT2D eigenvalue weighted by molar-refractivity contribution is -0.111. The van der Waals surface area contributed by atoms with Crippen LogP contribution in [0.2, 0.25) is 0 Å². The lowest BCUT2D eigenvalue weighted by Crippen LogP contribution is -2.12. The quantitative estimate of drug-likeness (QED) is 0.636. The molecule has 0 spiro atoms. The van der Waals surface area contributed by atoms with Crippen LogP contribution >= 0.6 is 23.5 Å². The predicted octanol–water partition coefficient (Wildman–Crippen LogP) is 3.90. The summed E-state index contributed by atoms with van der Waals surface area (Å²) in [5, 5.41) is -0.0311. The van der Waals surface area contributed by atoms with Crippen LogP contribution in [-0.2, 0) is 4.79 Å². The van der Waals surface area contributed by atoms with E-state index in [2.05, 4.69) is 0 Å². The minimum Gasteiger partial charge on any atom is -0.318 e. The SMILES string of the molecule is O=C(Sc1ccccc1)C1CN1C(=O)Sc1ccccc1. The Balaban J connectivity index is 1.54. The Hall–Kier alpha value is -1.72. The number of amides is 1. The van der Waals surface area contributed by atoms with E-state index in [0.29, 0.717) is 6.54 Å². The number of benzene rings is 2. The standard InChI is InChI=1S/C16H13NO2S2/c18-15(20-12-7-3-1-4-8-12)14-11-17(14)16(19)21-13-9-5-2-6-10-13/h1-10,14H,11H2. The van der Waals surface area contributed by atoms with E-state index in [1.807, 2.05) is 60.7 Å². The van der Waals surface area contributed by atoms with Crippen LogP contribution in [-0.4, -0.2) is 27.8 Å². The lowest BCUT2D eigenvalue weighted by atomic mass is 10.4. The van der Waals surface area contributed by atoms with Gasteiger partial charge in [0.2, 0.25) is 5.12 Å². The molecule has 1 saturated heterocycles. The van der Waals surface area contributed by atoms with Crippen LogP contribution in [0, 0.1) is 0 Å². The maximum atomic E-state index is 12.1. The van der Waals surface area contributed by atoms with Crippen molar-refractivity contribution >= 4 is 33.9 Å². The number of hydrogen-bond acceptors (Lipinski definition) is 4. The number of nitrogens with zero attached hydrogens (tertiary/aromatic N) is 1. The van der Waals surface area contributed by atoms with Crippen LogP contribution in [0.3, 0.4) is 0 Å². The van der Waals surface area contributed by atoms with Crippen molar-refractivity contribution in [2.45, 2.75) is 15.8 Å². The molecule has 1 amide bonds. The van der Waals surface area contributed by atoms with Crippen molar-refractivity contribution in [3.63, 3.8) is 0 Å². The van der Waals surface area contributed by atoms with Crippen molar-refractivity contribution < 1.29 is 9.59 Å². The normalized spacial score (nSPS) is 16.6. The summed E-state index contributed by atoms with van der Waals surface area (Å²) in [5.41, 5.74) is 0. The molecule has 21 heavy (non-hydrogen) atoms. The maximum absolute atomic E-state index is 12.1. The molecular formula is C16H13NO2S2. The first-order chi connectivity index (χ1) is 10.2. The molecule has 1 unspecified atom stereocenters. The van der Waals surface area contributed by atoms with Crippen molar-refractivity contribution in [1.82, 2.24) is 4.90 Å². The zero-order valence-corrected chi connectivity index (χ0v) is 12.8. The van der Waals surface area contributed by atoms with Gasteiger partial charge < -0.3 is 4.90 Å². The highest BCUT2D eigenvalue weighted by molar-refractivity contribution is 8.14. The average molecular weight is 315 g/mol. The molecule has 1 aliphatic heterocycles. The Labute approximate surface area is 131 Å². The first-order valence-corrected chi connectivity index (χ1v) is 8.17. The third kappa shape index (κ3) is 3.68. The zero-order chi connectivity index (χ0) is 14.7. The summed E-state index contributed by atoms with van der Waals surface area (Å²) in [6.45, 7) is 0.525. The van der Waals surface area contributed by atoms with Crippen molar-refractivity contribution in [1.29, 1.82) is 0 Å². The molecule has 0 N–H and O–H groups in total. The van der Waals surface area contributed by atoms with Gasteiger partial charge in [0.1, 0.15) is 6.04 Å². The molecule has 0 aliphatic carbocycles. The number of hydrogen-bond donors (Lipinski definition) is 0. The van der Waals surface area contributed by atoms with Gasteiger partial charge >= 0.3 is 0 Å². The summed E-state index contributed by atoms with van der Waals surface area (Å²) in [5.74, 6) is 0. The molecule has 3 rings (SSSR count). The van der Waals surface area contributed by atoms with Crippen molar-refractivity contribution in [2.75, 3.05) is 6.54 Å². The first-order valence-electron chi connectivity index (χ1n) is 6.54. The topological polar surface area (TPSA) is 37.1 Å². The van der Waals surface area contributed by atoms with Gasteiger partial charge in [0.05, 0.1) is 6.54 Å². The molecule has 1 aliphatic rings. The molecule has 106 valence electrons. The summed E-state index contributed by atoms with van der Waals surface area (Å²) in [7, 11) is 0. The summed E-state index contributed by atoms with van der Waals surface area (Å²) < 4.78 is 0. The second-order valence-corrected chi connectivity index (χ2v) is 6.69. The Bertz CT molecular complexity index is 588. The highest BCUT2D eigenvalue weighted by atomic mass is 32.2. The van der Waals surface area contributed by atoms with E-state index in [9.17, 15) is 9.59 Å². The third-order valence-corrected chi connectivity index (χ3v) is 4.93. The van der Waals surface area contributed by atoms with Crippen LogP contribution in [0.25, 0.3) is 0 Å². The fraction of sp³-hybridized carbons (Fsp3) is 0.125.